The van der Waals surface area contributed by atoms with E-state index in [4.69, 9.17) is 9.15 Å². The summed E-state index contributed by atoms with van der Waals surface area (Å²) >= 11 is 0. The van der Waals surface area contributed by atoms with E-state index in [-0.39, 0.29) is 5.75 Å². The van der Waals surface area contributed by atoms with Crippen molar-refractivity contribution in [3.8, 4) is 11.5 Å². The maximum atomic E-state index is 9.79. The maximum absolute atomic E-state index is 9.79. The molecule has 6 heteroatoms. The molecule has 1 aromatic carbocycles. The summed E-state index contributed by atoms with van der Waals surface area (Å²) in [6.45, 7) is 3.99. The molecule has 0 saturated carbocycles. The van der Waals surface area contributed by atoms with E-state index in [0.717, 1.165) is 36.8 Å². The number of ether oxygens (including phenoxy) is 1. The number of rotatable bonds is 7. The first-order chi connectivity index (χ1) is 11.2. The van der Waals surface area contributed by atoms with Crippen LogP contribution in [0.3, 0.4) is 0 Å². The van der Waals surface area contributed by atoms with Gasteiger partial charge in [-0.3, -0.25) is 0 Å². The van der Waals surface area contributed by atoms with Gasteiger partial charge < -0.3 is 24.9 Å². The zero-order valence-corrected chi connectivity index (χ0v) is 13.5. The summed E-state index contributed by atoms with van der Waals surface area (Å²) in [5.41, 5.74) is 0.909. The highest BCUT2D eigenvalue weighted by Crippen LogP contribution is 2.26. The van der Waals surface area contributed by atoms with Crippen molar-refractivity contribution in [2.45, 2.75) is 19.9 Å². The van der Waals surface area contributed by atoms with Gasteiger partial charge in [-0.1, -0.05) is 6.07 Å². The molecule has 0 aliphatic rings. The standard InChI is InChI=1S/C17H23N3O3/c1-3-18-17(19-9-8-14-5-4-10-23-14)20-12-13-6-7-16(22-2)15(21)11-13/h4-7,10-11,21H,3,8-9,12H2,1-2H3,(H2,18,19,20). The van der Waals surface area contributed by atoms with Crippen molar-refractivity contribution in [3.05, 3.63) is 47.9 Å². The van der Waals surface area contributed by atoms with Gasteiger partial charge in [0.1, 0.15) is 5.76 Å². The molecule has 0 spiro atoms. The zero-order valence-electron chi connectivity index (χ0n) is 13.5. The Morgan fingerprint density at radius 3 is 2.83 bits per heavy atom. The van der Waals surface area contributed by atoms with Crippen LogP contribution < -0.4 is 15.4 Å². The summed E-state index contributed by atoms with van der Waals surface area (Å²) in [5.74, 6) is 2.25. The molecule has 0 bridgehead atoms. The molecule has 0 unspecified atom stereocenters. The molecule has 1 heterocycles. The van der Waals surface area contributed by atoms with Crippen LogP contribution in [-0.4, -0.2) is 31.3 Å². The van der Waals surface area contributed by atoms with Gasteiger partial charge in [0, 0.05) is 19.5 Å². The van der Waals surface area contributed by atoms with Gasteiger partial charge in [-0.15, -0.1) is 0 Å². The van der Waals surface area contributed by atoms with Gasteiger partial charge in [-0.2, -0.15) is 0 Å². The molecule has 124 valence electrons. The normalized spacial score (nSPS) is 11.3. The molecule has 6 nitrogen and oxygen atoms in total. The van der Waals surface area contributed by atoms with E-state index in [2.05, 4.69) is 15.6 Å². The number of nitrogens with zero attached hydrogens (tertiary/aromatic N) is 1. The lowest BCUT2D eigenvalue weighted by atomic mass is 10.2. The fraction of sp³-hybridized carbons (Fsp3) is 0.353. The zero-order chi connectivity index (χ0) is 16.5. The van der Waals surface area contributed by atoms with Gasteiger partial charge in [0.05, 0.1) is 19.9 Å². The minimum Gasteiger partial charge on any atom is -0.504 e. The Balaban J connectivity index is 1.90. The van der Waals surface area contributed by atoms with Gasteiger partial charge in [-0.05, 0) is 36.8 Å². The molecule has 0 aliphatic carbocycles. The van der Waals surface area contributed by atoms with Crippen LogP contribution >= 0.6 is 0 Å². The van der Waals surface area contributed by atoms with Crippen LogP contribution in [-0.2, 0) is 13.0 Å². The fourth-order valence-electron chi connectivity index (χ4n) is 2.10. The van der Waals surface area contributed by atoms with Crippen LogP contribution in [0.25, 0.3) is 0 Å². The lowest BCUT2D eigenvalue weighted by Crippen LogP contribution is -2.38. The molecular weight excluding hydrogens is 294 g/mol. The average Bonchev–Trinajstić information content (AvgIpc) is 3.06. The first kappa shape index (κ1) is 16.7. The number of aliphatic imine (C=N–C) groups is 1. The number of phenolic OH excluding ortho intramolecular Hbond substituents is 1. The second-order valence-electron chi connectivity index (χ2n) is 4.96. The van der Waals surface area contributed by atoms with Crippen LogP contribution in [0.1, 0.15) is 18.2 Å². The lowest BCUT2D eigenvalue weighted by molar-refractivity contribution is 0.373. The molecule has 0 amide bonds. The summed E-state index contributed by atoms with van der Waals surface area (Å²) in [5, 5.41) is 16.2. The minimum atomic E-state index is 0.121. The average molecular weight is 317 g/mol. The Hall–Kier alpha value is -2.63. The van der Waals surface area contributed by atoms with E-state index < -0.39 is 0 Å². The quantitative estimate of drug-likeness (QED) is 0.539. The Kier molecular flexibility index (Phi) is 6.35. The van der Waals surface area contributed by atoms with E-state index in [9.17, 15) is 5.11 Å². The van der Waals surface area contributed by atoms with Crippen molar-refractivity contribution in [2.75, 3.05) is 20.2 Å². The fourth-order valence-corrected chi connectivity index (χ4v) is 2.10. The van der Waals surface area contributed by atoms with Gasteiger partial charge >= 0.3 is 0 Å². The summed E-state index contributed by atoms with van der Waals surface area (Å²) in [6.07, 6.45) is 2.46. The Morgan fingerprint density at radius 2 is 2.17 bits per heavy atom. The topological polar surface area (TPSA) is 79.0 Å². The summed E-state index contributed by atoms with van der Waals surface area (Å²) in [7, 11) is 1.53. The number of hydrogen-bond acceptors (Lipinski definition) is 4. The third-order valence-electron chi connectivity index (χ3n) is 3.25. The lowest BCUT2D eigenvalue weighted by Gasteiger charge is -2.11. The highest BCUT2D eigenvalue weighted by molar-refractivity contribution is 5.79. The molecule has 0 saturated heterocycles. The Morgan fingerprint density at radius 1 is 1.30 bits per heavy atom. The Bertz CT molecular complexity index is 624. The number of guanidine groups is 1. The number of methoxy groups -OCH3 is 1. The molecule has 2 aromatic rings. The molecule has 0 aliphatic heterocycles. The highest BCUT2D eigenvalue weighted by atomic mass is 16.5. The third-order valence-corrected chi connectivity index (χ3v) is 3.25. The first-order valence-electron chi connectivity index (χ1n) is 7.63. The summed E-state index contributed by atoms with van der Waals surface area (Å²) < 4.78 is 10.3. The molecular formula is C17H23N3O3. The van der Waals surface area contributed by atoms with Crippen LogP contribution in [0.2, 0.25) is 0 Å². The maximum Gasteiger partial charge on any atom is 0.191 e. The first-order valence-corrected chi connectivity index (χ1v) is 7.63. The second kappa shape index (κ2) is 8.73. The monoisotopic (exact) mass is 317 g/mol. The largest absolute Gasteiger partial charge is 0.504 e. The summed E-state index contributed by atoms with van der Waals surface area (Å²) in [6, 6.07) is 9.11. The molecule has 1 aromatic heterocycles. The van der Waals surface area contributed by atoms with E-state index in [1.165, 1.54) is 7.11 Å². The number of phenols is 1. The van der Waals surface area contributed by atoms with Crippen LogP contribution in [0.4, 0.5) is 0 Å². The van der Waals surface area contributed by atoms with E-state index in [1.807, 2.05) is 25.1 Å². The molecule has 0 atom stereocenters. The predicted octanol–water partition coefficient (Wildman–Crippen LogP) is 2.29. The van der Waals surface area contributed by atoms with E-state index in [1.54, 1.807) is 18.4 Å². The molecule has 0 radical (unpaired) electrons. The van der Waals surface area contributed by atoms with Crippen molar-refractivity contribution in [1.29, 1.82) is 0 Å². The highest BCUT2D eigenvalue weighted by Gasteiger charge is 2.03. The van der Waals surface area contributed by atoms with Crippen LogP contribution in [0, 0.1) is 0 Å². The number of furan rings is 1. The number of aromatic hydroxyl groups is 1. The predicted molar refractivity (Wildman–Crippen MR) is 89.9 cm³/mol. The molecule has 23 heavy (non-hydrogen) atoms. The summed E-state index contributed by atoms with van der Waals surface area (Å²) in [4.78, 5) is 4.51. The van der Waals surface area contributed by atoms with Crippen molar-refractivity contribution in [1.82, 2.24) is 10.6 Å². The Labute approximate surface area is 136 Å². The van der Waals surface area contributed by atoms with Gasteiger partial charge in [-0.25, -0.2) is 4.99 Å². The number of nitrogens with one attached hydrogen (secondary N) is 2. The molecule has 3 N–H and O–H groups in total. The van der Waals surface area contributed by atoms with E-state index >= 15 is 0 Å². The molecule has 0 fully saturated rings. The van der Waals surface area contributed by atoms with Crippen LogP contribution in [0.5, 0.6) is 11.5 Å². The van der Waals surface area contributed by atoms with Gasteiger partial charge in [0.2, 0.25) is 0 Å². The van der Waals surface area contributed by atoms with Gasteiger partial charge in [0.15, 0.2) is 17.5 Å². The second-order valence-corrected chi connectivity index (χ2v) is 4.96. The van der Waals surface area contributed by atoms with Crippen molar-refractivity contribution < 1.29 is 14.3 Å². The smallest absolute Gasteiger partial charge is 0.191 e. The SMILES string of the molecule is CCNC(=NCc1ccc(OC)c(O)c1)NCCc1ccco1. The van der Waals surface area contributed by atoms with Gasteiger partial charge in [0.25, 0.3) is 0 Å². The van der Waals surface area contributed by atoms with Crippen LogP contribution in [0.15, 0.2) is 46.0 Å². The van der Waals surface area contributed by atoms with Crippen molar-refractivity contribution in [2.24, 2.45) is 4.99 Å². The van der Waals surface area contributed by atoms with E-state index in [0.29, 0.717) is 12.3 Å². The van der Waals surface area contributed by atoms with Crippen molar-refractivity contribution in [3.63, 3.8) is 0 Å². The number of benzene rings is 1. The van der Waals surface area contributed by atoms with Crippen molar-refractivity contribution >= 4 is 5.96 Å². The molecule has 2 rings (SSSR count). The number of hydrogen-bond donors (Lipinski definition) is 3. The third kappa shape index (κ3) is 5.25. The minimum absolute atomic E-state index is 0.121.